The van der Waals surface area contributed by atoms with Gasteiger partial charge in [0.15, 0.2) is 0 Å². The Labute approximate surface area is 130 Å². The first-order valence-corrected chi connectivity index (χ1v) is 7.22. The fourth-order valence-electron chi connectivity index (χ4n) is 2.11. The molecule has 0 amide bonds. The third kappa shape index (κ3) is 3.32. The van der Waals surface area contributed by atoms with E-state index < -0.39 is 6.04 Å². The molecule has 2 nitrogen and oxygen atoms in total. The lowest BCUT2D eigenvalue weighted by Gasteiger charge is -2.16. The number of benzene rings is 2. The fourth-order valence-corrected chi connectivity index (χ4v) is 2.82. The Kier molecular flexibility index (Phi) is 5.02. The third-order valence-electron chi connectivity index (χ3n) is 3.05. The van der Waals surface area contributed by atoms with E-state index in [9.17, 15) is 4.39 Å². The van der Waals surface area contributed by atoms with Crippen molar-refractivity contribution < 1.29 is 9.13 Å². The van der Waals surface area contributed by atoms with Gasteiger partial charge in [0.25, 0.3) is 0 Å². The molecular formula is C15H14BrClFNO. The lowest BCUT2D eigenvalue weighted by Crippen LogP contribution is -2.16. The standard InChI is InChI=1S/C15H14BrClFNO/c1-20-14-6-5-10(16)7-9(14)8-13(19)15-11(17)3-2-4-12(15)18/h2-7,13H,8,19H2,1H3. The summed E-state index contributed by atoms with van der Waals surface area (Å²) in [5.74, 6) is 0.329. The van der Waals surface area contributed by atoms with Crippen LogP contribution in [0.5, 0.6) is 5.75 Å². The Balaban J connectivity index is 2.32. The Bertz CT molecular complexity index is 601. The minimum absolute atomic E-state index is 0.330. The summed E-state index contributed by atoms with van der Waals surface area (Å²) in [5.41, 5.74) is 7.33. The Hall–Kier alpha value is -1.10. The van der Waals surface area contributed by atoms with E-state index in [4.69, 9.17) is 22.1 Å². The van der Waals surface area contributed by atoms with Crippen molar-refractivity contribution in [2.75, 3.05) is 7.11 Å². The molecule has 0 aromatic heterocycles. The molecule has 106 valence electrons. The Morgan fingerprint density at radius 3 is 2.75 bits per heavy atom. The van der Waals surface area contributed by atoms with Gasteiger partial charge in [-0.05, 0) is 42.3 Å². The van der Waals surface area contributed by atoms with Crippen LogP contribution >= 0.6 is 27.5 Å². The van der Waals surface area contributed by atoms with Gasteiger partial charge in [-0.25, -0.2) is 4.39 Å². The number of halogens is 3. The summed E-state index contributed by atoms with van der Waals surface area (Å²) in [7, 11) is 1.59. The number of rotatable bonds is 4. The molecule has 0 spiro atoms. The SMILES string of the molecule is COc1ccc(Br)cc1CC(N)c1c(F)cccc1Cl. The van der Waals surface area contributed by atoms with Crippen molar-refractivity contribution in [3.8, 4) is 5.75 Å². The molecule has 1 atom stereocenters. The van der Waals surface area contributed by atoms with Crippen molar-refractivity contribution in [2.24, 2.45) is 5.73 Å². The first kappa shape index (κ1) is 15.3. The van der Waals surface area contributed by atoms with Gasteiger partial charge < -0.3 is 10.5 Å². The van der Waals surface area contributed by atoms with Gasteiger partial charge >= 0.3 is 0 Å². The molecule has 0 saturated heterocycles. The number of nitrogens with two attached hydrogens (primary N) is 1. The van der Waals surface area contributed by atoms with Gasteiger partial charge in [0.2, 0.25) is 0 Å². The number of hydrogen-bond donors (Lipinski definition) is 1. The zero-order valence-electron chi connectivity index (χ0n) is 10.9. The van der Waals surface area contributed by atoms with Crippen molar-refractivity contribution in [3.05, 3.63) is 62.8 Å². The highest BCUT2D eigenvalue weighted by Gasteiger charge is 2.17. The molecule has 20 heavy (non-hydrogen) atoms. The molecule has 0 aliphatic carbocycles. The topological polar surface area (TPSA) is 35.2 Å². The van der Waals surface area contributed by atoms with Gasteiger partial charge in [0.05, 0.1) is 7.11 Å². The molecule has 0 saturated carbocycles. The average Bonchev–Trinajstić information content (AvgIpc) is 2.38. The average molecular weight is 359 g/mol. The molecule has 0 aliphatic heterocycles. The van der Waals surface area contributed by atoms with Crippen molar-refractivity contribution in [2.45, 2.75) is 12.5 Å². The first-order valence-electron chi connectivity index (χ1n) is 6.05. The maximum Gasteiger partial charge on any atom is 0.129 e. The number of hydrogen-bond acceptors (Lipinski definition) is 2. The van der Waals surface area contributed by atoms with Gasteiger partial charge in [-0.15, -0.1) is 0 Å². The molecular weight excluding hydrogens is 345 g/mol. The van der Waals surface area contributed by atoms with Crippen LogP contribution in [0.3, 0.4) is 0 Å². The summed E-state index contributed by atoms with van der Waals surface area (Å²) in [6.45, 7) is 0. The number of ether oxygens (including phenoxy) is 1. The van der Waals surface area contributed by atoms with Crippen LogP contribution in [0.4, 0.5) is 4.39 Å². The highest BCUT2D eigenvalue weighted by Crippen LogP contribution is 2.30. The smallest absolute Gasteiger partial charge is 0.129 e. The number of methoxy groups -OCH3 is 1. The molecule has 1 unspecified atom stereocenters. The third-order valence-corrected chi connectivity index (χ3v) is 3.88. The minimum atomic E-state index is -0.535. The molecule has 2 N–H and O–H groups in total. The second-order valence-corrected chi connectivity index (χ2v) is 5.72. The molecule has 5 heteroatoms. The normalized spacial score (nSPS) is 12.2. The molecule has 0 bridgehead atoms. The predicted molar refractivity (Wildman–Crippen MR) is 82.7 cm³/mol. The zero-order valence-corrected chi connectivity index (χ0v) is 13.2. The van der Waals surface area contributed by atoms with E-state index >= 15 is 0 Å². The highest BCUT2D eigenvalue weighted by atomic mass is 79.9. The van der Waals surface area contributed by atoms with Crippen LogP contribution in [0.1, 0.15) is 17.2 Å². The quantitative estimate of drug-likeness (QED) is 0.874. The molecule has 0 fully saturated rings. The molecule has 0 heterocycles. The second kappa shape index (κ2) is 6.57. The molecule has 2 aromatic carbocycles. The second-order valence-electron chi connectivity index (χ2n) is 4.40. The summed E-state index contributed by atoms with van der Waals surface area (Å²) < 4.78 is 20.1. The lowest BCUT2D eigenvalue weighted by molar-refractivity contribution is 0.407. The van der Waals surface area contributed by atoms with E-state index in [1.165, 1.54) is 6.07 Å². The highest BCUT2D eigenvalue weighted by molar-refractivity contribution is 9.10. The van der Waals surface area contributed by atoms with Gasteiger partial charge in [-0.3, -0.25) is 0 Å². The van der Waals surface area contributed by atoms with Crippen LogP contribution in [0.2, 0.25) is 5.02 Å². The van der Waals surface area contributed by atoms with Gasteiger partial charge in [0.1, 0.15) is 11.6 Å². The summed E-state index contributed by atoms with van der Waals surface area (Å²) in [6, 6.07) is 9.66. The van der Waals surface area contributed by atoms with Crippen molar-refractivity contribution in [3.63, 3.8) is 0 Å². The molecule has 0 aliphatic rings. The van der Waals surface area contributed by atoms with E-state index in [1.54, 1.807) is 19.2 Å². The van der Waals surface area contributed by atoms with Crippen molar-refractivity contribution in [1.82, 2.24) is 0 Å². The Morgan fingerprint density at radius 1 is 1.35 bits per heavy atom. The van der Waals surface area contributed by atoms with Gasteiger partial charge in [-0.2, -0.15) is 0 Å². The van der Waals surface area contributed by atoms with Crippen molar-refractivity contribution in [1.29, 1.82) is 0 Å². The molecule has 2 aromatic rings. The summed E-state index contributed by atoms with van der Waals surface area (Å²) in [4.78, 5) is 0. The fraction of sp³-hybridized carbons (Fsp3) is 0.200. The zero-order chi connectivity index (χ0) is 14.7. The summed E-state index contributed by atoms with van der Waals surface area (Å²) in [6.07, 6.45) is 0.434. The summed E-state index contributed by atoms with van der Waals surface area (Å²) >= 11 is 9.44. The van der Waals surface area contributed by atoms with Crippen LogP contribution in [0.25, 0.3) is 0 Å². The van der Waals surface area contributed by atoms with Gasteiger partial charge in [-0.1, -0.05) is 33.6 Å². The first-order chi connectivity index (χ1) is 9.52. The lowest BCUT2D eigenvalue weighted by atomic mass is 9.98. The van der Waals surface area contributed by atoms with Crippen LogP contribution in [0.15, 0.2) is 40.9 Å². The van der Waals surface area contributed by atoms with Crippen LogP contribution < -0.4 is 10.5 Å². The summed E-state index contributed by atoms with van der Waals surface area (Å²) in [5, 5.41) is 0.339. The largest absolute Gasteiger partial charge is 0.496 e. The van der Waals surface area contributed by atoms with Crippen LogP contribution in [0, 0.1) is 5.82 Å². The minimum Gasteiger partial charge on any atom is -0.496 e. The van der Waals surface area contributed by atoms with E-state index in [-0.39, 0.29) is 5.82 Å². The Morgan fingerprint density at radius 2 is 2.10 bits per heavy atom. The van der Waals surface area contributed by atoms with E-state index in [0.29, 0.717) is 17.0 Å². The van der Waals surface area contributed by atoms with E-state index in [1.807, 2.05) is 18.2 Å². The molecule has 0 radical (unpaired) electrons. The molecule has 2 rings (SSSR count). The van der Waals surface area contributed by atoms with E-state index in [2.05, 4.69) is 15.9 Å². The van der Waals surface area contributed by atoms with Crippen molar-refractivity contribution >= 4 is 27.5 Å². The predicted octanol–water partition coefficient (Wildman–Crippen LogP) is 4.49. The monoisotopic (exact) mass is 357 g/mol. The van der Waals surface area contributed by atoms with Crippen LogP contribution in [-0.4, -0.2) is 7.11 Å². The van der Waals surface area contributed by atoms with E-state index in [0.717, 1.165) is 15.8 Å². The van der Waals surface area contributed by atoms with Crippen LogP contribution in [-0.2, 0) is 6.42 Å². The maximum atomic E-state index is 13.9. The van der Waals surface area contributed by atoms with Gasteiger partial charge in [0, 0.05) is 21.1 Å². The maximum absolute atomic E-state index is 13.9.